The number of nitrogens with zero attached hydrogens (tertiary/aromatic N) is 4. The Balaban J connectivity index is 1.29. The van der Waals surface area contributed by atoms with Gasteiger partial charge in [-0.2, -0.15) is 5.10 Å². The fourth-order valence-corrected chi connectivity index (χ4v) is 4.67. The summed E-state index contributed by atoms with van der Waals surface area (Å²) in [6.07, 6.45) is 6.48. The highest BCUT2D eigenvalue weighted by atomic mass is 16.5. The molecule has 1 aromatic rings. The second-order valence-electron chi connectivity index (χ2n) is 8.23. The highest BCUT2D eigenvalue weighted by Gasteiger charge is 2.39. The number of amides is 1. The number of piperidine rings is 2. The zero-order valence-corrected chi connectivity index (χ0v) is 15.8. The molecule has 3 aliphatic heterocycles. The predicted molar refractivity (Wildman–Crippen MR) is 100 cm³/mol. The standard InChI is InChI=1S/C20H30N4O2/c1-16-2-3-18(22-21-16)23-10-6-20(7-11-23)8-12-24(13-9-20)19(25)17-4-14-26-15-5-17/h2-3,17H,4-15H2,1H3. The first-order chi connectivity index (χ1) is 12.7. The van der Waals surface area contributed by atoms with E-state index in [1.807, 2.05) is 13.0 Å². The van der Waals surface area contributed by atoms with Gasteiger partial charge in [-0.25, -0.2) is 0 Å². The fourth-order valence-electron chi connectivity index (χ4n) is 4.67. The summed E-state index contributed by atoms with van der Waals surface area (Å²) in [6, 6.07) is 4.11. The second kappa shape index (κ2) is 7.51. The minimum absolute atomic E-state index is 0.194. The molecule has 0 aliphatic carbocycles. The molecule has 142 valence electrons. The van der Waals surface area contributed by atoms with E-state index in [9.17, 15) is 4.79 Å². The van der Waals surface area contributed by atoms with Gasteiger partial charge in [0.25, 0.3) is 0 Å². The second-order valence-corrected chi connectivity index (χ2v) is 8.23. The van der Waals surface area contributed by atoms with Crippen molar-refractivity contribution in [2.45, 2.75) is 45.4 Å². The summed E-state index contributed by atoms with van der Waals surface area (Å²) in [6.45, 7) is 7.41. The van der Waals surface area contributed by atoms with Crippen molar-refractivity contribution in [1.29, 1.82) is 0 Å². The topological polar surface area (TPSA) is 58.6 Å². The smallest absolute Gasteiger partial charge is 0.225 e. The molecule has 3 saturated heterocycles. The van der Waals surface area contributed by atoms with Crippen LogP contribution in [0.1, 0.15) is 44.2 Å². The van der Waals surface area contributed by atoms with E-state index in [0.29, 0.717) is 11.3 Å². The Morgan fingerprint density at radius 1 is 1.04 bits per heavy atom. The molecule has 26 heavy (non-hydrogen) atoms. The van der Waals surface area contributed by atoms with Crippen molar-refractivity contribution in [2.24, 2.45) is 11.3 Å². The van der Waals surface area contributed by atoms with E-state index in [2.05, 4.69) is 26.1 Å². The van der Waals surface area contributed by atoms with Crippen LogP contribution in [-0.4, -0.2) is 60.4 Å². The van der Waals surface area contributed by atoms with Crippen LogP contribution in [0, 0.1) is 18.3 Å². The number of anilines is 1. The number of rotatable bonds is 2. The number of hydrogen-bond donors (Lipinski definition) is 0. The maximum Gasteiger partial charge on any atom is 0.225 e. The molecule has 3 fully saturated rings. The van der Waals surface area contributed by atoms with Crippen LogP contribution in [0.3, 0.4) is 0 Å². The molecule has 0 radical (unpaired) electrons. The van der Waals surface area contributed by atoms with E-state index >= 15 is 0 Å². The van der Waals surface area contributed by atoms with Crippen molar-refractivity contribution in [3.63, 3.8) is 0 Å². The van der Waals surface area contributed by atoms with Crippen molar-refractivity contribution >= 4 is 11.7 Å². The molecule has 0 atom stereocenters. The van der Waals surface area contributed by atoms with Crippen LogP contribution in [-0.2, 0) is 9.53 Å². The molecule has 6 heteroatoms. The average Bonchev–Trinajstić information content (AvgIpc) is 2.70. The molecule has 0 saturated carbocycles. The molecule has 0 unspecified atom stereocenters. The maximum absolute atomic E-state index is 12.7. The number of aryl methyl sites for hydroxylation is 1. The third-order valence-corrected chi connectivity index (χ3v) is 6.64. The third kappa shape index (κ3) is 3.70. The molecule has 6 nitrogen and oxygen atoms in total. The summed E-state index contributed by atoms with van der Waals surface area (Å²) >= 11 is 0. The fraction of sp³-hybridized carbons (Fsp3) is 0.750. The van der Waals surface area contributed by atoms with Gasteiger partial charge in [-0.1, -0.05) is 0 Å². The van der Waals surface area contributed by atoms with Crippen molar-refractivity contribution in [3.8, 4) is 0 Å². The molecule has 1 amide bonds. The number of carbonyl (C=O) groups excluding carboxylic acids is 1. The highest BCUT2D eigenvalue weighted by molar-refractivity contribution is 5.79. The van der Waals surface area contributed by atoms with Gasteiger partial charge in [0.1, 0.15) is 0 Å². The van der Waals surface area contributed by atoms with Crippen LogP contribution in [0.5, 0.6) is 0 Å². The summed E-state index contributed by atoms with van der Waals surface area (Å²) in [7, 11) is 0. The van der Waals surface area contributed by atoms with Crippen LogP contribution >= 0.6 is 0 Å². The van der Waals surface area contributed by atoms with Crippen molar-refractivity contribution in [3.05, 3.63) is 17.8 Å². The Hall–Kier alpha value is -1.69. The van der Waals surface area contributed by atoms with Crippen LogP contribution in [0.25, 0.3) is 0 Å². The number of carbonyl (C=O) groups is 1. The summed E-state index contributed by atoms with van der Waals surface area (Å²) in [5, 5.41) is 8.52. The Bertz CT molecular complexity index is 609. The predicted octanol–water partition coefficient (Wildman–Crippen LogP) is 2.42. The van der Waals surface area contributed by atoms with Gasteiger partial charge in [-0.05, 0) is 63.0 Å². The minimum atomic E-state index is 0.194. The Labute approximate surface area is 155 Å². The lowest BCUT2D eigenvalue weighted by molar-refractivity contribution is -0.141. The Morgan fingerprint density at radius 2 is 1.69 bits per heavy atom. The molecule has 1 aromatic heterocycles. The van der Waals surface area contributed by atoms with E-state index in [0.717, 1.165) is 76.6 Å². The summed E-state index contributed by atoms with van der Waals surface area (Å²) in [5.41, 5.74) is 1.38. The van der Waals surface area contributed by atoms with Gasteiger partial charge in [0.2, 0.25) is 5.91 Å². The van der Waals surface area contributed by atoms with E-state index < -0.39 is 0 Å². The molecular formula is C20H30N4O2. The first kappa shape index (κ1) is 17.7. The van der Waals surface area contributed by atoms with Crippen LogP contribution in [0.2, 0.25) is 0 Å². The molecule has 0 aromatic carbocycles. The quantitative estimate of drug-likeness (QED) is 0.813. The van der Waals surface area contributed by atoms with Crippen LogP contribution < -0.4 is 4.90 Å². The lowest BCUT2D eigenvalue weighted by Crippen LogP contribution is -2.50. The van der Waals surface area contributed by atoms with Gasteiger partial charge in [0, 0.05) is 45.3 Å². The van der Waals surface area contributed by atoms with E-state index in [1.54, 1.807) is 0 Å². The van der Waals surface area contributed by atoms with Crippen molar-refractivity contribution < 1.29 is 9.53 Å². The number of aromatic nitrogens is 2. The van der Waals surface area contributed by atoms with Gasteiger partial charge in [0.05, 0.1) is 5.69 Å². The number of hydrogen-bond acceptors (Lipinski definition) is 5. The van der Waals surface area contributed by atoms with E-state index in [4.69, 9.17) is 4.74 Å². The Kier molecular flexibility index (Phi) is 5.11. The van der Waals surface area contributed by atoms with Gasteiger partial charge < -0.3 is 14.5 Å². The number of likely N-dealkylation sites (tertiary alicyclic amines) is 1. The molecule has 1 spiro atoms. The zero-order valence-electron chi connectivity index (χ0n) is 15.8. The normalized spacial score (nSPS) is 24.0. The van der Waals surface area contributed by atoms with E-state index in [-0.39, 0.29) is 5.92 Å². The van der Waals surface area contributed by atoms with Crippen molar-refractivity contribution in [2.75, 3.05) is 44.3 Å². The average molecular weight is 358 g/mol. The zero-order chi connectivity index (χ0) is 18.0. The van der Waals surface area contributed by atoms with Crippen molar-refractivity contribution in [1.82, 2.24) is 15.1 Å². The molecule has 0 bridgehead atoms. The Morgan fingerprint density at radius 3 is 2.31 bits per heavy atom. The van der Waals surface area contributed by atoms with Gasteiger partial charge in [-0.15, -0.1) is 5.10 Å². The first-order valence-electron chi connectivity index (χ1n) is 10.1. The summed E-state index contributed by atoms with van der Waals surface area (Å²) in [4.78, 5) is 17.2. The largest absolute Gasteiger partial charge is 0.381 e. The summed E-state index contributed by atoms with van der Waals surface area (Å²) < 4.78 is 5.40. The van der Waals surface area contributed by atoms with Crippen LogP contribution in [0.4, 0.5) is 5.82 Å². The highest BCUT2D eigenvalue weighted by Crippen LogP contribution is 2.42. The molecule has 0 N–H and O–H groups in total. The molecule has 4 heterocycles. The summed E-state index contributed by atoms with van der Waals surface area (Å²) in [5.74, 6) is 1.56. The molecule has 3 aliphatic rings. The van der Waals surface area contributed by atoms with Gasteiger partial charge >= 0.3 is 0 Å². The van der Waals surface area contributed by atoms with E-state index in [1.165, 1.54) is 12.8 Å². The maximum atomic E-state index is 12.7. The molecular weight excluding hydrogens is 328 g/mol. The number of ether oxygens (including phenoxy) is 1. The van der Waals surface area contributed by atoms with Gasteiger partial charge in [0.15, 0.2) is 5.82 Å². The lowest BCUT2D eigenvalue weighted by atomic mass is 9.71. The minimum Gasteiger partial charge on any atom is -0.381 e. The molecule has 4 rings (SSSR count). The SMILES string of the molecule is Cc1ccc(N2CCC3(CCN(C(=O)C4CCOCC4)CC3)CC2)nn1. The first-order valence-corrected chi connectivity index (χ1v) is 10.1. The third-order valence-electron chi connectivity index (χ3n) is 6.64. The lowest BCUT2D eigenvalue weighted by Gasteiger charge is -2.47. The van der Waals surface area contributed by atoms with Gasteiger partial charge in [-0.3, -0.25) is 4.79 Å². The monoisotopic (exact) mass is 358 g/mol. The van der Waals surface area contributed by atoms with Crippen LogP contribution in [0.15, 0.2) is 12.1 Å².